The van der Waals surface area contributed by atoms with Crippen molar-refractivity contribution in [2.24, 2.45) is 5.73 Å². The van der Waals surface area contributed by atoms with Crippen LogP contribution in [-0.2, 0) is 16.1 Å². The monoisotopic (exact) mass is 451 g/mol. The molecule has 0 saturated heterocycles. The van der Waals surface area contributed by atoms with E-state index in [4.69, 9.17) is 26.8 Å². The molecule has 1 saturated carbocycles. The number of thioether (sulfide) groups is 1. The van der Waals surface area contributed by atoms with Gasteiger partial charge in [-0.25, -0.2) is 0 Å². The van der Waals surface area contributed by atoms with Gasteiger partial charge in [0.25, 0.3) is 0 Å². The summed E-state index contributed by atoms with van der Waals surface area (Å²) in [5, 5.41) is 12.2. The highest BCUT2D eigenvalue weighted by molar-refractivity contribution is 7.99. The fourth-order valence-corrected chi connectivity index (χ4v) is 4.05. The summed E-state index contributed by atoms with van der Waals surface area (Å²) in [7, 11) is 0. The zero-order chi connectivity index (χ0) is 21.1. The Balaban J connectivity index is 1.41. The van der Waals surface area contributed by atoms with Gasteiger partial charge in [0.05, 0.1) is 29.7 Å². The molecule has 1 fully saturated rings. The fourth-order valence-electron chi connectivity index (χ4n) is 3.08. The lowest BCUT2D eigenvalue weighted by Gasteiger charge is -2.12. The zero-order valence-corrected chi connectivity index (χ0v) is 17.8. The Labute approximate surface area is 182 Å². The molecule has 1 aromatic heterocycles. The van der Waals surface area contributed by atoms with Gasteiger partial charge in [0.1, 0.15) is 5.82 Å². The maximum atomic E-state index is 12.5. The highest BCUT2D eigenvalue weighted by Crippen LogP contribution is 2.40. The van der Waals surface area contributed by atoms with E-state index in [1.165, 1.54) is 11.8 Å². The van der Waals surface area contributed by atoms with Crippen LogP contribution in [0.15, 0.2) is 17.3 Å². The van der Waals surface area contributed by atoms with Gasteiger partial charge in [0, 0.05) is 37.4 Å². The second kappa shape index (κ2) is 9.13. The third-order valence-electron chi connectivity index (χ3n) is 4.71. The van der Waals surface area contributed by atoms with Gasteiger partial charge in [0.15, 0.2) is 16.7 Å². The summed E-state index contributed by atoms with van der Waals surface area (Å²) in [5.41, 5.74) is 5.74. The summed E-state index contributed by atoms with van der Waals surface area (Å²) in [6.45, 7) is 1.51. The predicted molar refractivity (Wildman–Crippen MR) is 112 cm³/mol. The first-order chi connectivity index (χ1) is 14.5. The van der Waals surface area contributed by atoms with Crippen LogP contribution in [0.2, 0.25) is 5.02 Å². The third-order valence-corrected chi connectivity index (χ3v) is 5.99. The van der Waals surface area contributed by atoms with Crippen LogP contribution in [0, 0.1) is 0 Å². The molecule has 0 atom stereocenters. The molecule has 1 aromatic carbocycles. The molecule has 30 heavy (non-hydrogen) atoms. The molecule has 11 heteroatoms. The van der Waals surface area contributed by atoms with Gasteiger partial charge in [-0.2, -0.15) is 0 Å². The minimum Gasteiger partial charge on any atom is -0.490 e. The van der Waals surface area contributed by atoms with E-state index in [1.54, 1.807) is 12.1 Å². The highest BCUT2D eigenvalue weighted by Gasteiger charge is 2.30. The number of primary amides is 1. The Bertz CT molecular complexity index is 963. The van der Waals surface area contributed by atoms with Gasteiger partial charge in [0.2, 0.25) is 11.8 Å². The van der Waals surface area contributed by atoms with Crippen molar-refractivity contribution in [1.29, 1.82) is 0 Å². The van der Waals surface area contributed by atoms with Gasteiger partial charge in [-0.1, -0.05) is 23.4 Å². The van der Waals surface area contributed by atoms with Gasteiger partial charge < -0.3 is 25.1 Å². The first-order valence-electron chi connectivity index (χ1n) is 9.74. The Morgan fingerprint density at radius 1 is 1.23 bits per heavy atom. The Morgan fingerprint density at radius 3 is 2.67 bits per heavy atom. The van der Waals surface area contributed by atoms with Crippen molar-refractivity contribution in [1.82, 2.24) is 14.8 Å². The number of carbonyl (C=O) groups excluding carboxylic acids is 2. The van der Waals surface area contributed by atoms with E-state index in [0.717, 1.165) is 25.1 Å². The quantitative estimate of drug-likeness (QED) is 0.591. The van der Waals surface area contributed by atoms with E-state index in [9.17, 15) is 9.59 Å². The number of hydrogen-bond acceptors (Lipinski definition) is 7. The lowest BCUT2D eigenvalue weighted by molar-refractivity contribution is -0.118. The van der Waals surface area contributed by atoms with Crippen LogP contribution in [0.1, 0.15) is 37.4 Å². The normalized spacial score (nSPS) is 15.5. The summed E-state index contributed by atoms with van der Waals surface area (Å²) < 4.78 is 13.1. The topological polar surface area (TPSA) is 121 Å². The van der Waals surface area contributed by atoms with Crippen molar-refractivity contribution >= 4 is 40.9 Å². The number of fused-ring (bicyclic) bond motifs is 1. The molecule has 2 amide bonds. The molecule has 160 valence electrons. The molecule has 4 rings (SSSR count). The highest BCUT2D eigenvalue weighted by atomic mass is 35.5. The molecule has 1 aliphatic heterocycles. The number of nitrogens with two attached hydrogens (primary N) is 1. The van der Waals surface area contributed by atoms with Crippen LogP contribution < -0.4 is 20.5 Å². The van der Waals surface area contributed by atoms with Crippen LogP contribution in [0.3, 0.4) is 0 Å². The number of aromatic nitrogens is 3. The van der Waals surface area contributed by atoms with Gasteiger partial charge in [-0.05, 0) is 12.8 Å². The molecule has 1 aliphatic carbocycles. The molecule has 3 N–H and O–H groups in total. The molecular formula is C19H22ClN5O4S. The molecule has 2 heterocycles. The van der Waals surface area contributed by atoms with Crippen LogP contribution >= 0.6 is 23.4 Å². The second-order valence-corrected chi connectivity index (χ2v) is 8.50. The summed E-state index contributed by atoms with van der Waals surface area (Å²) >= 11 is 7.55. The molecule has 0 bridgehead atoms. The molecular weight excluding hydrogens is 430 g/mol. The van der Waals surface area contributed by atoms with E-state index in [-0.39, 0.29) is 24.0 Å². The first kappa shape index (κ1) is 20.8. The predicted octanol–water partition coefficient (Wildman–Crippen LogP) is 2.58. The number of amides is 2. The van der Waals surface area contributed by atoms with Crippen molar-refractivity contribution in [3.05, 3.63) is 23.0 Å². The van der Waals surface area contributed by atoms with Crippen LogP contribution in [-0.4, -0.2) is 45.5 Å². The lowest BCUT2D eigenvalue weighted by atomic mass is 10.2. The van der Waals surface area contributed by atoms with Crippen molar-refractivity contribution in [3.8, 4) is 11.5 Å². The second-order valence-electron chi connectivity index (χ2n) is 7.15. The average molecular weight is 452 g/mol. The van der Waals surface area contributed by atoms with E-state index in [2.05, 4.69) is 15.5 Å². The van der Waals surface area contributed by atoms with Crippen LogP contribution in [0.25, 0.3) is 0 Å². The van der Waals surface area contributed by atoms with E-state index < -0.39 is 0 Å². The summed E-state index contributed by atoms with van der Waals surface area (Å²) in [6, 6.07) is 3.32. The van der Waals surface area contributed by atoms with Crippen molar-refractivity contribution in [2.75, 3.05) is 24.3 Å². The number of hydrogen-bond donors (Lipinski definition) is 2. The number of carbonyl (C=O) groups is 2. The van der Waals surface area contributed by atoms with Crippen molar-refractivity contribution < 1.29 is 19.1 Å². The largest absolute Gasteiger partial charge is 0.490 e. The number of ether oxygens (including phenoxy) is 2. The molecule has 2 aliphatic rings. The summed E-state index contributed by atoms with van der Waals surface area (Å²) in [4.78, 5) is 23.7. The van der Waals surface area contributed by atoms with Crippen molar-refractivity contribution in [2.45, 2.75) is 43.3 Å². The number of nitrogens with one attached hydrogen (secondary N) is 1. The maximum Gasteiger partial charge on any atom is 0.234 e. The number of nitrogens with zero attached hydrogens (tertiary/aromatic N) is 3. The molecule has 0 radical (unpaired) electrons. The van der Waals surface area contributed by atoms with E-state index in [1.807, 2.05) is 4.57 Å². The van der Waals surface area contributed by atoms with Crippen LogP contribution in [0.4, 0.5) is 5.69 Å². The molecule has 0 spiro atoms. The molecule has 0 unspecified atom stereocenters. The number of halogens is 1. The Morgan fingerprint density at radius 2 is 1.97 bits per heavy atom. The lowest BCUT2D eigenvalue weighted by Crippen LogP contribution is -2.17. The zero-order valence-electron chi connectivity index (χ0n) is 16.2. The summed E-state index contributed by atoms with van der Waals surface area (Å²) in [6.07, 6.45) is 3.10. The third kappa shape index (κ3) is 4.99. The number of anilines is 1. The summed E-state index contributed by atoms with van der Waals surface area (Å²) in [5.74, 6) is 1.83. The standard InChI is InChI=1S/C19H22ClN5O4S/c20-12-8-14-15(29-7-1-6-28-14)9-13(12)22-17(27)10-30-19-24-23-18(11-2-3-11)25(19)5-4-16(21)26/h8-9,11H,1-7,10H2,(H2,21,26)(H,22,27). The van der Waals surface area contributed by atoms with E-state index in [0.29, 0.717) is 53.0 Å². The Kier molecular flexibility index (Phi) is 6.33. The number of benzene rings is 1. The SMILES string of the molecule is NC(=O)CCn1c(SCC(=O)Nc2cc3c(cc2Cl)OCCCO3)nnc1C1CC1. The molecule has 2 aromatic rings. The minimum atomic E-state index is -0.386. The molecule has 9 nitrogen and oxygen atoms in total. The van der Waals surface area contributed by atoms with Gasteiger partial charge in [-0.15, -0.1) is 10.2 Å². The fraction of sp³-hybridized carbons (Fsp3) is 0.474. The maximum absolute atomic E-state index is 12.5. The van der Waals surface area contributed by atoms with E-state index >= 15 is 0 Å². The smallest absolute Gasteiger partial charge is 0.234 e. The van der Waals surface area contributed by atoms with Crippen molar-refractivity contribution in [3.63, 3.8) is 0 Å². The van der Waals surface area contributed by atoms with Gasteiger partial charge in [-0.3, -0.25) is 9.59 Å². The average Bonchev–Trinajstić information content (AvgIpc) is 3.50. The Hall–Kier alpha value is -2.46. The number of rotatable bonds is 8. The first-order valence-corrected chi connectivity index (χ1v) is 11.1. The van der Waals surface area contributed by atoms with Gasteiger partial charge >= 0.3 is 0 Å². The minimum absolute atomic E-state index is 0.115. The van der Waals surface area contributed by atoms with Crippen LogP contribution in [0.5, 0.6) is 11.5 Å².